The van der Waals surface area contributed by atoms with E-state index in [0.717, 1.165) is 36.9 Å². The standard InChI is InChI=1S/C22H28N4O2.ClH/c1-22(23)13-6-5-12-19(22)20(27)24-15-16-8-7-11-18(14-16)26-21(28)25-17-9-3-2-4-10-17;/h2-4,7-11,14,19H,5-6,12-13,15,23H2,1H3,(H,24,27)(H2,25,26,28);1H. The Hall–Kier alpha value is -2.57. The van der Waals surface area contributed by atoms with Crippen LogP contribution in [0.15, 0.2) is 54.6 Å². The van der Waals surface area contributed by atoms with Crippen molar-refractivity contribution in [2.75, 3.05) is 10.6 Å². The van der Waals surface area contributed by atoms with Crippen molar-refractivity contribution in [2.24, 2.45) is 11.7 Å². The maximum Gasteiger partial charge on any atom is 0.323 e. The van der Waals surface area contributed by atoms with Crippen molar-refractivity contribution in [1.82, 2.24) is 5.32 Å². The highest BCUT2D eigenvalue weighted by atomic mass is 35.5. The molecule has 7 heteroatoms. The molecule has 3 rings (SSSR count). The molecular weight excluding hydrogens is 388 g/mol. The van der Waals surface area contributed by atoms with E-state index in [0.29, 0.717) is 12.2 Å². The summed E-state index contributed by atoms with van der Waals surface area (Å²) in [6.07, 6.45) is 3.83. The van der Waals surface area contributed by atoms with Crippen LogP contribution in [0.2, 0.25) is 0 Å². The lowest BCUT2D eigenvalue weighted by atomic mass is 9.74. The molecule has 1 aliphatic rings. The van der Waals surface area contributed by atoms with Crippen LogP contribution in [0.1, 0.15) is 38.2 Å². The van der Waals surface area contributed by atoms with E-state index in [-0.39, 0.29) is 30.3 Å². The van der Waals surface area contributed by atoms with Gasteiger partial charge in [0, 0.05) is 23.5 Å². The number of carbonyl (C=O) groups excluding carboxylic acids is 2. The summed E-state index contributed by atoms with van der Waals surface area (Å²) in [5, 5.41) is 8.59. The summed E-state index contributed by atoms with van der Waals surface area (Å²) in [5.41, 5.74) is 8.18. The lowest BCUT2D eigenvalue weighted by Crippen LogP contribution is -2.52. The van der Waals surface area contributed by atoms with Gasteiger partial charge in [-0.25, -0.2) is 4.79 Å². The van der Waals surface area contributed by atoms with E-state index in [1.54, 1.807) is 0 Å². The highest BCUT2D eigenvalue weighted by molar-refractivity contribution is 5.99. The largest absolute Gasteiger partial charge is 0.352 e. The molecule has 156 valence electrons. The van der Waals surface area contributed by atoms with Crippen LogP contribution in [-0.4, -0.2) is 17.5 Å². The predicted molar refractivity (Wildman–Crippen MR) is 119 cm³/mol. The fourth-order valence-corrected chi connectivity index (χ4v) is 3.68. The number of para-hydroxylation sites is 1. The number of halogens is 1. The van der Waals surface area contributed by atoms with Gasteiger partial charge in [0.1, 0.15) is 0 Å². The van der Waals surface area contributed by atoms with Gasteiger partial charge in [-0.15, -0.1) is 12.4 Å². The van der Waals surface area contributed by atoms with E-state index >= 15 is 0 Å². The third-order valence-corrected chi connectivity index (χ3v) is 5.25. The molecule has 0 aliphatic heterocycles. The lowest BCUT2D eigenvalue weighted by Gasteiger charge is -2.37. The Morgan fingerprint density at radius 2 is 1.72 bits per heavy atom. The maximum atomic E-state index is 12.6. The SMILES string of the molecule is CC1(N)CCCCC1C(=O)NCc1cccc(NC(=O)Nc2ccccc2)c1.Cl. The number of nitrogens with two attached hydrogens (primary N) is 1. The monoisotopic (exact) mass is 416 g/mol. The van der Waals surface area contributed by atoms with Crippen LogP contribution < -0.4 is 21.7 Å². The topological polar surface area (TPSA) is 96.2 Å². The molecule has 3 amide bonds. The minimum Gasteiger partial charge on any atom is -0.352 e. The summed E-state index contributed by atoms with van der Waals surface area (Å²) in [6.45, 7) is 2.37. The first kappa shape index (κ1) is 22.7. The molecule has 2 atom stereocenters. The van der Waals surface area contributed by atoms with Gasteiger partial charge in [-0.05, 0) is 49.6 Å². The Morgan fingerprint density at radius 1 is 1.03 bits per heavy atom. The maximum absolute atomic E-state index is 12.6. The number of nitrogens with one attached hydrogen (secondary N) is 3. The molecule has 1 fully saturated rings. The molecule has 0 heterocycles. The average Bonchev–Trinajstić information content (AvgIpc) is 2.67. The summed E-state index contributed by atoms with van der Waals surface area (Å²) in [5.74, 6) is -0.149. The zero-order valence-electron chi connectivity index (χ0n) is 16.6. The van der Waals surface area contributed by atoms with Crippen LogP contribution in [0, 0.1) is 5.92 Å². The molecule has 0 saturated heterocycles. The average molecular weight is 417 g/mol. The van der Waals surface area contributed by atoms with Gasteiger partial charge < -0.3 is 21.7 Å². The van der Waals surface area contributed by atoms with Gasteiger partial charge in [0.2, 0.25) is 5.91 Å². The van der Waals surface area contributed by atoms with Gasteiger partial charge in [0.25, 0.3) is 0 Å². The third-order valence-electron chi connectivity index (χ3n) is 5.25. The summed E-state index contributed by atoms with van der Waals surface area (Å²) >= 11 is 0. The normalized spacial score (nSPS) is 20.8. The number of hydrogen-bond acceptors (Lipinski definition) is 3. The van der Waals surface area contributed by atoms with Crippen LogP contribution in [-0.2, 0) is 11.3 Å². The summed E-state index contributed by atoms with van der Waals surface area (Å²) in [4.78, 5) is 24.7. The van der Waals surface area contributed by atoms with Crippen molar-refractivity contribution in [2.45, 2.75) is 44.7 Å². The first-order chi connectivity index (χ1) is 13.4. The first-order valence-electron chi connectivity index (χ1n) is 9.73. The van der Waals surface area contributed by atoms with Crippen LogP contribution in [0.3, 0.4) is 0 Å². The first-order valence-corrected chi connectivity index (χ1v) is 9.73. The van der Waals surface area contributed by atoms with Crippen LogP contribution >= 0.6 is 12.4 Å². The quantitative estimate of drug-likeness (QED) is 0.585. The molecule has 1 saturated carbocycles. The third kappa shape index (κ3) is 6.48. The minimum absolute atomic E-state index is 0. The van der Waals surface area contributed by atoms with Gasteiger partial charge in [0.15, 0.2) is 0 Å². The van der Waals surface area contributed by atoms with Crippen molar-refractivity contribution in [3.63, 3.8) is 0 Å². The molecule has 2 unspecified atom stereocenters. The molecule has 0 spiro atoms. The second-order valence-corrected chi connectivity index (χ2v) is 7.67. The number of benzene rings is 2. The molecule has 5 N–H and O–H groups in total. The van der Waals surface area contributed by atoms with E-state index in [1.165, 1.54) is 0 Å². The zero-order chi connectivity index (χ0) is 20.0. The smallest absolute Gasteiger partial charge is 0.323 e. The van der Waals surface area contributed by atoms with E-state index in [2.05, 4.69) is 16.0 Å². The second-order valence-electron chi connectivity index (χ2n) is 7.67. The fourth-order valence-electron chi connectivity index (χ4n) is 3.68. The van der Waals surface area contributed by atoms with E-state index in [9.17, 15) is 9.59 Å². The van der Waals surface area contributed by atoms with Gasteiger partial charge in [-0.2, -0.15) is 0 Å². The Bertz CT molecular complexity index is 827. The molecular formula is C22H29ClN4O2. The fraction of sp³-hybridized carbons (Fsp3) is 0.364. The summed E-state index contributed by atoms with van der Waals surface area (Å²) in [6, 6.07) is 16.4. The van der Waals surface area contributed by atoms with Crippen molar-refractivity contribution in [3.8, 4) is 0 Å². The van der Waals surface area contributed by atoms with Gasteiger partial charge in [0.05, 0.1) is 5.92 Å². The molecule has 0 bridgehead atoms. The van der Waals surface area contributed by atoms with E-state index in [1.807, 2.05) is 61.5 Å². The number of hydrogen-bond donors (Lipinski definition) is 4. The van der Waals surface area contributed by atoms with Crippen LogP contribution in [0.5, 0.6) is 0 Å². The number of urea groups is 1. The lowest BCUT2D eigenvalue weighted by molar-refractivity contribution is -0.128. The molecule has 0 aromatic heterocycles. The Kier molecular flexibility index (Phi) is 8.05. The number of carbonyl (C=O) groups is 2. The molecule has 29 heavy (non-hydrogen) atoms. The Morgan fingerprint density at radius 3 is 2.45 bits per heavy atom. The zero-order valence-corrected chi connectivity index (χ0v) is 17.4. The second kappa shape index (κ2) is 10.3. The summed E-state index contributed by atoms with van der Waals surface area (Å²) in [7, 11) is 0. The number of rotatable bonds is 5. The molecule has 6 nitrogen and oxygen atoms in total. The summed E-state index contributed by atoms with van der Waals surface area (Å²) < 4.78 is 0. The molecule has 2 aromatic carbocycles. The number of amides is 3. The van der Waals surface area contributed by atoms with Crippen LogP contribution in [0.4, 0.5) is 16.2 Å². The van der Waals surface area contributed by atoms with Gasteiger partial charge in [-0.3, -0.25) is 4.79 Å². The molecule has 0 radical (unpaired) electrons. The van der Waals surface area contributed by atoms with Crippen LogP contribution in [0.25, 0.3) is 0 Å². The molecule has 2 aromatic rings. The minimum atomic E-state index is -0.443. The van der Waals surface area contributed by atoms with E-state index in [4.69, 9.17) is 5.73 Å². The van der Waals surface area contributed by atoms with Crippen molar-refractivity contribution >= 4 is 35.7 Å². The molecule has 1 aliphatic carbocycles. The highest BCUT2D eigenvalue weighted by Gasteiger charge is 2.37. The van der Waals surface area contributed by atoms with Crippen molar-refractivity contribution < 1.29 is 9.59 Å². The van der Waals surface area contributed by atoms with E-state index < -0.39 is 5.54 Å². The van der Waals surface area contributed by atoms with Gasteiger partial charge >= 0.3 is 6.03 Å². The van der Waals surface area contributed by atoms with Crippen molar-refractivity contribution in [3.05, 3.63) is 60.2 Å². The van der Waals surface area contributed by atoms with Gasteiger partial charge in [-0.1, -0.05) is 43.2 Å². The Balaban J connectivity index is 0.00000300. The predicted octanol–water partition coefficient (Wildman–Crippen LogP) is 4.28. The van der Waals surface area contributed by atoms with Crippen molar-refractivity contribution in [1.29, 1.82) is 0 Å². The number of anilines is 2. The Labute approximate surface area is 178 Å². The highest BCUT2D eigenvalue weighted by Crippen LogP contribution is 2.31.